The molecule has 2 rings (SSSR count). The fourth-order valence-electron chi connectivity index (χ4n) is 1.56. The van der Waals surface area contributed by atoms with Crippen LogP contribution < -0.4 is 11.1 Å². The van der Waals surface area contributed by atoms with E-state index in [0.717, 1.165) is 11.1 Å². The third-order valence-corrected chi connectivity index (χ3v) is 2.96. The Balaban J connectivity index is 0.000000444. The maximum absolute atomic E-state index is 6.07. The monoisotopic (exact) mass is 314 g/mol. The van der Waals surface area contributed by atoms with Crippen molar-refractivity contribution in [3.8, 4) is 0 Å². The topological polar surface area (TPSA) is 54.2 Å². The van der Waals surface area contributed by atoms with Crippen molar-refractivity contribution in [2.24, 2.45) is 0 Å². The highest BCUT2D eigenvalue weighted by molar-refractivity contribution is 6.40. The predicted octanol–water partition coefficient (Wildman–Crippen LogP) is 3.02. The van der Waals surface area contributed by atoms with Crippen molar-refractivity contribution in [3.05, 3.63) is 33.9 Å². The number of hydrogen-bond donors (Lipinski definition) is 2. The highest BCUT2D eigenvalue weighted by Crippen LogP contribution is 2.33. The zero-order valence-corrected chi connectivity index (χ0v) is 13.7. The molecule has 0 aliphatic carbocycles. The van der Waals surface area contributed by atoms with Crippen LogP contribution in [0.25, 0.3) is 10.9 Å². The van der Waals surface area contributed by atoms with Gasteiger partial charge in [0.2, 0.25) is 0 Å². The van der Waals surface area contributed by atoms with E-state index in [1.807, 2.05) is 45.2 Å². The molecule has 0 aliphatic heterocycles. The molecular formula is C14H20Cl2N4. The molecule has 110 valence electrons. The Morgan fingerprint density at radius 1 is 1.20 bits per heavy atom. The molecule has 0 unspecified atom stereocenters. The van der Waals surface area contributed by atoms with Crippen LogP contribution in [-0.2, 0) is 6.54 Å². The molecular weight excluding hydrogens is 295 g/mol. The number of rotatable bonds is 2. The molecule has 0 saturated heterocycles. The van der Waals surface area contributed by atoms with Crippen LogP contribution in [-0.4, -0.2) is 38.1 Å². The summed E-state index contributed by atoms with van der Waals surface area (Å²) in [7, 11) is 7.86. The first-order valence-electron chi connectivity index (χ1n) is 6.15. The van der Waals surface area contributed by atoms with Gasteiger partial charge >= 0.3 is 0 Å². The summed E-state index contributed by atoms with van der Waals surface area (Å²) < 4.78 is 0. The first-order chi connectivity index (χ1) is 9.36. The van der Waals surface area contributed by atoms with Crippen LogP contribution in [0, 0.1) is 0 Å². The minimum atomic E-state index is 0.437. The van der Waals surface area contributed by atoms with Gasteiger partial charge < -0.3 is 16.0 Å². The van der Waals surface area contributed by atoms with Crippen LogP contribution in [0.3, 0.4) is 0 Å². The van der Waals surface area contributed by atoms with Gasteiger partial charge in [-0.05, 0) is 46.4 Å². The van der Waals surface area contributed by atoms with Crippen LogP contribution in [0.5, 0.6) is 0 Å². The Kier molecular flexibility index (Phi) is 6.49. The van der Waals surface area contributed by atoms with Crippen molar-refractivity contribution >= 4 is 39.8 Å². The standard InChI is InChI=1S/C11H11Cl2N3.C3H9N/c1-15-5-6-2-3-7-8(12)4-9(13)10(14)11(7)16-6;1-4(2)3/h2-4,15H,5,14H2,1H3;1-3H3. The Hall–Kier alpha value is -1.07. The summed E-state index contributed by atoms with van der Waals surface area (Å²) in [5, 5.41) is 4.85. The molecule has 0 saturated carbocycles. The number of nitrogens with zero attached hydrogens (tertiary/aromatic N) is 2. The molecule has 6 heteroatoms. The van der Waals surface area contributed by atoms with Gasteiger partial charge in [-0.1, -0.05) is 23.2 Å². The summed E-state index contributed by atoms with van der Waals surface area (Å²) in [6, 6.07) is 5.46. The van der Waals surface area contributed by atoms with Crippen LogP contribution in [0.1, 0.15) is 5.69 Å². The molecule has 0 radical (unpaired) electrons. The summed E-state index contributed by atoms with van der Waals surface area (Å²) in [5.41, 5.74) is 7.91. The lowest BCUT2D eigenvalue weighted by Crippen LogP contribution is -2.07. The van der Waals surface area contributed by atoms with E-state index in [0.29, 0.717) is 27.8 Å². The highest BCUT2D eigenvalue weighted by atomic mass is 35.5. The average Bonchev–Trinajstić information content (AvgIpc) is 2.36. The van der Waals surface area contributed by atoms with E-state index < -0.39 is 0 Å². The summed E-state index contributed by atoms with van der Waals surface area (Å²) >= 11 is 12.0. The lowest BCUT2D eigenvalue weighted by atomic mass is 10.1. The number of nitrogens with two attached hydrogens (primary N) is 1. The van der Waals surface area contributed by atoms with Crippen molar-refractivity contribution in [3.63, 3.8) is 0 Å². The predicted molar refractivity (Wildman–Crippen MR) is 88.6 cm³/mol. The SMILES string of the molecule is CN(C)C.CNCc1ccc2c(Cl)cc(Cl)c(N)c2n1. The van der Waals surface area contributed by atoms with Gasteiger partial charge in [0.1, 0.15) is 0 Å². The second-order valence-electron chi connectivity index (χ2n) is 4.82. The Morgan fingerprint density at radius 2 is 1.80 bits per heavy atom. The smallest absolute Gasteiger partial charge is 0.0965 e. The lowest BCUT2D eigenvalue weighted by molar-refractivity contribution is 0.505. The number of fused-ring (bicyclic) bond motifs is 1. The van der Waals surface area contributed by atoms with Gasteiger partial charge in [-0.15, -0.1) is 0 Å². The molecule has 0 spiro atoms. The molecule has 2 aromatic rings. The van der Waals surface area contributed by atoms with E-state index in [2.05, 4.69) is 10.3 Å². The van der Waals surface area contributed by atoms with Crippen LogP contribution >= 0.6 is 23.2 Å². The zero-order chi connectivity index (χ0) is 15.3. The Labute approximate surface area is 129 Å². The van der Waals surface area contributed by atoms with E-state index in [9.17, 15) is 0 Å². The van der Waals surface area contributed by atoms with E-state index >= 15 is 0 Å². The largest absolute Gasteiger partial charge is 0.396 e. The third-order valence-electron chi connectivity index (χ3n) is 2.33. The fraction of sp³-hybridized carbons (Fsp3) is 0.357. The number of hydrogen-bond acceptors (Lipinski definition) is 4. The molecule has 0 fully saturated rings. The quantitative estimate of drug-likeness (QED) is 0.837. The second-order valence-corrected chi connectivity index (χ2v) is 5.64. The minimum Gasteiger partial charge on any atom is -0.396 e. The molecule has 0 aliphatic rings. The zero-order valence-electron chi connectivity index (χ0n) is 12.2. The van der Waals surface area contributed by atoms with E-state index in [1.54, 1.807) is 6.07 Å². The number of halogens is 2. The van der Waals surface area contributed by atoms with Crippen molar-refractivity contribution in [1.29, 1.82) is 0 Å². The van der Waals surface area contributed by atoms with Gasteiger partial charge in [0, 0.05) is 11.9 Å². The number of pyridine rings is 1. The van der Waals surface area contributed by atoms with Crippen molar-refractivity contribution in [2.75, 3.05) is 33.9 Å². The van der Waals surface area contributed by atoms with Gasteiger partial charge in [-0.2, -0.15) is 0 Å². The maximum Gasteiger partial charge on any atom is 0.0965 e. The molecule has 0 amide bonds. The van der Waals surface area contributed by atoms with Crippen molar-refractivity contribution in [2.45, 2.75) is 6.54 Å². The molecule has 0 atom stereocenters. The molecule has 1 aromatic heterocycles. The van der Waals surface area contributed by atoms with E-state index in [4.69, 9.17) is 28.9 Å². The van der Waals surface area contributed by atoms with Gasteiger partial charge in [0.25, 0.3) is 0 Å². The molecule has 20 heavy (non-hydrogen) atoms. The summed E-state index contributed by atoms with van der Waals surface area (Å²) in [6.45, 7) is 0.680. The van der Waals surface area contributed by atoms with Gasteiger partial charge in [-0.3, -0.25) is 0 Å². The molecule has 1 heterocycles. The van der Waals surface area contributed by atoms with Gasteiger partial charge in [0.15, 0.2) is 0 Å². The number of benzene rings is 1. The van der Waals surface area contributed by atoms with Gasteiger partial charge in [0.05, 0.1) is 26.9 Å². The molecule has 0 bridgehead atoms. The van der Waals surface area contributed by atoms with E-state index in [-0.39, 0.29) is 0 Å². The molecule has 3 N–H and O–H groups in total. The number of aromatic nitrogens is 1. The first kappa shape index (κ1) is 17.0. The minimum absolute atomic E-state index is 0.437. The Morgan fingerprint density at radius 3 is 2.35 bits per heavy atom. The summed E-state index contributed by atoms with van der Waals surface area (Å²) in [5.74, 6) is 0. The average molecular weight is 315 g/mol. The van der Waals surface area contributed by atoms with E-state index in [1.165, 1.54) is 0 Å². The van der Waals surface area contributed by atoms with Crippen LogP contribution in [0.2, 0.25) is 10.0 Å². The summed E-state index contributed by atoms with van der Waals surface area (Å²) in [6.07, 6.45) is 0. The van der Waals surface area contributed by atoms with Crippen LogP contribution in [0.15, 0.2) is 18.2 Å². The number of nitrogen functional groups attached to an aromatic ring is 1. The fourth-order valence-corrected chi connectivity index (χ4v) is 2.07. The third kappa shape index (κ3) is 4.49. The normalized spacial score (nSPS) is 10.6. The highest BCUT2D eigenvalue weighted by Gasteiger charge is 2.09. The molecule has 4 nitrogen and oxygen atoms in total. The van der Waals surface area contributed by atoms with Crippen molar-refractivity contribution in [1.82, 2.24) is 15.2 Å². The van der Waals surface area contributed by atoms with Crippen LogP contribution in [0.4, 0.5) is 5.69 Å². The number of anilines is 1. The maximum atomic E-state index is 6.07. The Bertz CT molecular complexity index is 582. The first-order valence-corrected chi connectivity index (χ1v) is 6.91. The second kappa shape index (κ2) is 7.64. The van der Waals surface area contributed by atoms with Crippen molar-refractivity contribution < 1.29 is 0 Å². The molecule has 1 aromatic carbocycles. The lowest BCUT2D eigenvalue weighted by Gasteiger charge is -2.07. The summed E-state index contributed by atoms with van der Waals surface area (Å²) in [4.78, 5) is 6.43. The number of nitrogens with one attached hydrogen (secondary N) is 1. The van der Waals surface area contributed by atoms with Gasteiger partial charge in [-0.25, -0.2) is 4.98 Å².